The van der Waals surface area contributed by atoms with Crippen LogP contribution < -0.4 is 5.32 Å². The minimum Gasteiger partial charge on any atom is -0.376 e. The molecule has 4 heteroatoms. The van der Waals surface area contributed by atoms with Crippen molar-refractivity contribution in [3.05, 3.63) is 51.2 Å². The van der Waals surface area contributed by atoms with Gasteiger partial charge < -0.3 is 10.2 Å². The zero-order valence-corrected chi connectivity index (χ0v) is 13.3. The van der Waals surface area contributed by atoms with Crippen LogP contribution in [0.25, 0.3) is 0 Å². The molecule has 2 aromatic rings. The molecule has 0 bridgehead atoms. The van der Waals surface area contributed by atoms with Crippen LogP contribution >= 0.6 is 11.3 Å². The molecule has 0 saturated heterocycles. The molecule has 2 heterocycles. The smallest absolute Gasteiger partial charge is 0.242 e. The van der Waals surface area contributed by atoms with Crippen LogP contribution in [-0.4, -0.2) is 23.9 Å². The van der Waals surface area contributed by atoms with Crippen molar-refractivity contribution in [2.24, 2.45) is 0 Å². The van der Waals surface area contributed by atoms with Crippen molar-refractivity contribution in [1.29, 1.82) is 0 Å². The number of fused-ring (bicyclic) bond motifs is 1. The molecule has 3 nitrogen and oxygen atoms in total. The van der Waals surface area contributed by atoms with Crippen LogP contribution in [-0.2, 0) is 17.8 Å². The molecular formula is C17H20N2OS. The summed E-state index contributed by atoms with van der Waals surface area (Å²) in [6, 6.07) is 8.34. The van der Waals surface area contributed by atoms with Gasteiger partial charge in [0.25, 0.3) is 0 Å². The fourth-order valence-corrected chi connectivity index (χ4v) is 3.49. The Morgan fingerprint density at radius 1 is 1.29 bits per heavy atom. The quantitative estimate of drug-likeness (QED) is 0.942. The maximum absolute atomic E-state index is 12.3. The van der Waals surface area contributed by atoms with Gasteiger partial charge in [-0.1, -0.05) is 6.07 Å². The third kappa shape index (κ3) is 3.10. The zero-order valence-electron chi connectivity index (χ0n) is 12.5. The van der Waals surface area contributed by atoms with Crippen molar-refractivity contribution in [1.82, 2.24) is 4.90 Å². The van der Waals surface area contributed by atoms with Gasteiger partial charge in [0.05, 0.1) is 6.54 Å². The van der Waals surface area contributed by atoms with Gasteiger partial charge in [0.2, 0.25) is 5.91 Å². The first-order chi connectivity index (χ1) is 10.1. The van der Waals surface area contributed by atoms with E-state index >= 15 is 0 Å². The molecule has 0 aliphatic carbocycles. The number of hydrogen-bond acceptors (Lipinski definition) is 3. The lowest BCUT2D eigenvalue weighted by atomic mass is 10.1. The summed E-state index contributed by atoms with van der Waals surface area (Å²) in [6.07, 6.45) is 0.988. The van der Waals surface area contributed by atoms with Gasteiger partial charge in [0.15, 0.2) is 0 Å². The summed E-state index contributed by atoms with van der Waals surface area (Å²) in [5, 5.41) is 5.36. The van der Waals surface area contributed by atoms with Crippen molar-refractivity contribution >= 4 is 22.9 Å². The Bertz CT molecular complexity index is 663. The minimum absolute atomic E-state index is 0.171. The van der Waals surface area contributed by atoms with Crippen LogP contribution in [0.3, 0.4) is 0 Å². The first kappa shape index (κ1) is 14.1. The van der Waals surface area contributed by atoms with Gasteiger partial charge in [-0.15, -0.1) is 11.3 Å². The van der Waals surface area contributed by atoms with Crippen LogP contribution in [0.2, 0.25) is 0 Å². The SMILES string of the molecule is Cc1ccc(NCC(=O)N2CCc3sccc3C2)cc1C. The number of amides is 1. The highest BCUT2D eigenvalue weighted by molar-refractivity contribution is 7.10. The number of carbonyl (C=O) groups is 1. The van der Waals surface area contributed by atoms with Gasteiger partial charge in [-0.25, -0.2) is 0 Å². The lowest BCUT2D eigenvalue weighted by Crippen LogP contribution is -2.38. The van der Waals surface area contributed by atoms with Crippen molar-refractivity contribution in [3.63, 3.8) is 0 Å². The Morgan fingerprint density at radius 2 is 2.14 bits per heavy atom. The van der Waals surface area contributed by atoms with Gasteiger partial charge in [0, 0.05) is 23.7 Å². The van der Waals surface area contributed by atoms with E-state index in [9.17, 15) is 4.79 Å². The molecule has 3 rings (SSSR count). The number of rotatable bonds is 3. The number of aryl methyl sites for hydroxylation is 2. The Hall–Kier alpha value is -1.81. The molecule has 1 aromatic heterocycles. The summed E-state index contributed by atoms with van der Waals surface area (Å²) >= 11 is 1.80. The summed E-state index contributed by atoms with van der Waals surface area (Å²) in [5.74, 6) is 0.171. The summed E-state index contributed by atoms with van der Waals surface area (Å²) in [4.78, 5) is 15.7. The largest absolute Gasteiger partial charge is 0.376 e. The van der Waals surface area contributed by atoms with Crippen LogP contribution in [0.4, 0.5) is 5.69 Å². The molecular weight excluding hydrogens is 280 g/mol. The summed E-state index contributed by atoms with van der Waals surface area (Å²) in [6.45, 7) is 6.14. The third-order valence-corrected chi connectivity index (χ3v) is 5.13. The van der Waals surface area contributed by atoms with Crippen molar-refractivity contribution in [2.75, 3.05) is 18.4 Å². The third-order valence-electron chi connectivity index (χ3n) is 4.11. The van der Waals surface area contributed by atoms with E-state index in [1.165, 1.54) is 21.6 Å². The predicted molar refractivity (Wildman–Crippen MR) is 87.8 cm³/mol. The topological polar surface area (TPSA) is 32.3 Å². The van der Waals surface area contributed by atoms with E-state index in [0.29, 0.717) is 6.54 Å². The molecule has 0 spiro atoms. The second kappa shape index (κ2) is 5.90. The monoisotopic (exact) mass is 300 g/mol. The van der Waals surface area contributed by atoms with E-state index in [1.54, 1.807) is 11.3 Å². The molecule has 1 amide bonds. The highest BCUT2D eigenvalue weighted by Gasteiger charge is 2.20. The Kier molecular flexibility index (Phi) is 3.97. The lowest BCUT2D eigenvalue weighted by molar-refractivity contribution is -0.130. The molecule has 1 aromatic carbocycles. The fraction of sp³-hybridized carbons (Fsp3) is 0.353. The van der Waals surface area contributed by atoms with E-state index in [4.69, 9.17) is 0 Å². The summed E-state index contributed by atoms with van der Waals surface area (Å²) in [7, 11) is 0. The van der Waals surface area contributed by atoms with Crippen LogP contribution in [0.15, 0.2) is 29.6 Å². The van der Waals surface area contributed by atoms with E-state index in [0.717, 1.165) is 25.2 Å². The van der Waals surface area contributed by atoms with Gasteiger partial charge in [-0.2, -0.15) is 0 Å². The number of hydrogen-bond donors (Lipinski definition) is 1. The zero-order chi connectivity index (χ0) is 14.8. The highest BCUT2D eigenvalue weighted by atomic mass is 32.1. The number of nitrogens with one attached hydrogen (secondary N) is 1. The molecule has 0 radical (unpaired) electrons. The maximum Gasteiger partial charge on any atom is 0.242 e. The first-order valence-corrected chi connectivity index (χ1v) is 8.15. The molecule has 0 atom stereocenters. The second-order valence-electron chi connectivity index (χ2n) is 5.59. The first-order valence-electron chi connectivity index (χ1n) is 7.27. The number of carbonyl (C=O) groups excluding carboxylic acids is 1. The van der Waals surface area contributed by atoms with Crippen molar-refractivity contribution < 1.29 is 4.79 Å². The Morgan fingerprint density at radius 3 is 2.95 bits per heavy atom. The number of nitrogens with zero attached hydrogens (tertiary/aromatic N) is 1. The average Bonchev–Trinajstić information content (AvgIpc) is 2.95. The maximum atomic E-state index is 12.3. The standard InChI is InChI=1S/C17H20N2OS/c1-12-3-4-15(9-13(12)2)18-10-17(20)19-7-5-16-14(11-19)6-8-21-16/h3-4,6,8-9,18H,5,7,10-11H2,1-2H3. The van der Waals surface area contributed by atoms with Gasteiger partial charge in [0.1, 0.15) is 0 Å². The molecule has 1 N–H and O–H groups in total. The molecule has 0 fully saturated rings. The van der Waals surface area contributed by atoms with Crippen LogP contribution in [0, 0.1) is 13.8 Å². The summed E-state index contributed by atoms with van der Waals surface area (Å²) in [5.41, 5.74) is 4.84. The average molecular weight is 300 g/mol. The van der Waals surface area contributed by atoms with Crippen LogP contribution in [0.5, 0.6) is 0 Å². The normalized spacial score (nSPS) is 13.9. The van der Waals surface area contributed by atoms with Gasteiger partial charge >= 0.3 is 0 Å². The Balaban J connectivity index is 1.58. The summed E-state index contributed by atoms with van der Waals surface area (Å²) < 4.78 is 0. The number of benzene rings is 1. The highest BCUT2D eigenvalue weighted by Crippen LogP contribution is 2.24. The molecule has 1 aliphatic rings. The molecule has 1 aliphatic heterocycles. The second-order valence-corrected chi connectivity index (χ2v) is 6.59. The molecule has 0 unspecified atom stereocenters. The molecule has 110 valence electrons. The van der Waals surface area contributed by atoms with Gasteiger partial charge in [-0.3, -0.25) is 4.79 Å². The molecule has 21 heavy (non-hydrogen) atoms. The molecule has 0 saturated carbocycles. The lowest BCUT2D eigenvalue weighted by Gasteiger charge is -2.27. The minimum atomic E-state index is 0.171. The van der Waals surface area contributed by atoms with Gasteiger partial charge in [-0.05, 0) is 60.5 Å². The van der Waals surface area contributed by atoms with Crippen molar-refractivity contribution in [2.45, 2.75) is 26.8 Å². The predicted octanol–water partition coefficient (Wildman–Crippen LogP) is 3.36. The van der Waals surface area contributed by atoms with Crippen molar-refractivity contribution in [3.8, 4) is 0 Å². The van der Waals surface area contributed by atoms with E-state index < -0.39 is 0 Å². The van der Waals surface area contributed by atoms with Crippen LogP contribution in [0.1, 0.15) is 21.6 Å². The van der Waals surface area contributed by atoms with E-state index in [2.05, 4.69) is 42.7 Å². The number of thiophene rings is 1. The fourth-order valence-electron chi connectivity index (χ4n) is 2.60. The Labute approximate surface area is 129 Å². The van der Waals surface area contributed by atoms with E-state index in [-0.39, 0.29) is 5.91 Å². The van der Waals surface area contributed by atoms with E-state index in [1.807, 2.05) is 11.0 Å². The number of anilines is 1.